The maximum atomic E-state index is 12.7. The van der Waals surface area contributed by atoms with Gasteiger partial charge in [0.15, 0.2) is 0 Å². The van der Waals surface area contributed by atoms with Gasteiger partial charge in [-0.25, -0.2) is 0 Å². The molecule has 2 amide bonds. The molecule has 0 radical (unpaired) electrons. The van der Waals surface area contributed by atoms with Crippen molar-refractivity contribution in [3.8, 4) is 5.75 Å². The van der Waals surface area contributed by atoms with E-state index < -0.39 is 11.5 Å². The second-order valence-electron chi connectivity index (χ2n) is 5.25. The van der Waals surface area contributed by atoms with E-state index in [1.54, 1.807) is 18.1 Å². The minimum absolute atomic E-state index is 0.349. The number of benzene rings is 1. The zero-order valence-corrected chi connectivity index (χ0v) is 13.2. The number of likely N-dealkylation sites (N-methyl/N-ethyl adjacent to an activating group) is 1. The van der Waals surface area contributed by atoms with Gasteiger partial charge in [0.2, 0.25) is 0 Å². The van der Waals surface area contributed by atoms with Crippen molar-refractivity contribution in [1.82, 2.24) is 5.32 Å². The predicted octanol–water partition coefficient (Wildman–Crippen LogP) is 1.34. The zero-order chi connectivity index (χ0) is 16.2. The van der Waals surface area contributed by atoms with Crippen LogP contribution in [-0.4, -0.2) is 44.2 Å². The first kappa shape index (κ1) is 16.3. The Morgan fingerprint density at radius 2 is 2.14 bits per heavy atom. The molecular formula is C16H22N2O4. The Hall–Kier alpha value is -2.08. The lowest BCUT2D eigenvalue weighted by Crippen LogP contribution is -2.62. The summed E-state index contributed by atoms with van der Waals surface area (Å²) in [5.74, 6) is -0.238. The first-order valence-corrected chi connectivity index (χ1v) is 7.41. The number of anilines is 1. The molecule has 0 bridgehead atoms. The molecule has 120 valence electrons. The molecule has 0 aromatic heterocycles. The van der Waals surface area contributed by atoms with Crippen LogP contribution in [0.1, 0.15) is 20.3 Å². The minimum atomic E-state index is -1.54. The lowest BCUT2D eigenvalue weighted by molar-refractivity contribution is -0.148. The van der Waals surface area contributed by atoms with E-state index in [1.807, 2.05) is 25.1 Å². The number of hydrogen-bond donors (Lipinski definition) is 1. The molecule has 1 aliphatic heterocycles. The summed E-state index contributed by atoms with van der Waals surface area (Å²) in [6.07, 6.45) is 0.681. The number of para-hydroxylation sites is 2. The largest absolute Gasteiger partial charge is 0.466 e. The van der Waals surface area contributed by atoms with Crippen LogP contribution in [0.15, 0.2) is 24.3 Å². The maximum Gasteiger partial charge on any atom is 0.280 e. The molecular weight excluding hydrogens is 284 g/mol. The van der Waals surface area contributed by atoms with Gasteiger partial charge in [-0.3, -0.25) is 9.59 Å². The number of nitrogens with one attached hydrogen (secondary N) is 1. The molecule has 1 atom stereocenters. The molecule has 0 saturated heterocycles. The summed E-state index contributed by atoms with van der Waals surface area (Å²) >= 11 is 0. The Kier molecular flexibility index (Phi) is 5.03. The molecule has 0 aliphatic carbocycles. The fourth-order valence-electron chi connectivity index (χ4n) is 2.44. The van der Waals surface area contributed by atoms with E-state index in [0.29, 0.717) is 37.6 Å². The highest BCUT2D eigenvalue weighted by atomic mass is 16.5. The number of rotatable bonds is 6. The van der Waals surface area contributed by atoms with Crippen molar-refractivity contribution in [2.75, 3.05) is 31.7 Å². The second kappa shape index (κ2) is 6.79. The van der Waals surface area contributed by atoms with Gasteiger partial charge in [0.25, 0.3) is 17.4 Å². The number of carbonyl (C=O) groups is 2. The van der Waals surface area contributed by atoms with Gasteiger partial charge in [-0.15, -0.1) is 0 Å². The van der Waals surface area contributed by atoms with E-state index in [2.05, 4.69) is 5.32 Å². The standard InChI is InChI=1S/C16H22N2O4/c1-4-18-12-8-5-6-9-13(12)22-16(2,15(18)20)14(19)17-10-7-11-21-3/h5-6,8-9H,4,7,10-11H2,1-3H3,(H,17,19). The van der Waals surface area contributed by atoms with E-state index >= 15 is 0 Å². The van der Waals surface area contributed by atoms with E-state index in [-0.39, 0.29) is 5.91 Å². The Morgan fingerprint density at radius 3 is 2.82 bits per heavy atom. The van der Waals surface area contributed by atoms with Gasteiger partial charge in [0.1, 0.15) is 5.75 Å². The minimum Gasteiger partial charge on any atom is -0.466 e. The van der Waals surface area contributed by atoms with Gasteiger partial charge in [0, 0.05) is 26.8 Å². The number of fused-ring (bicyclic) bond motifs is 1. The van der Waals surface area contributed by atoms with E-state index in [1.165, 1.54) is 6.92 Å². The Bertz CT molecular complexity index is 561. The van der Waals surface area contributed by atoms with E-state index in [0.717, 1.165) is 0 Å². The van der Waals surface area contributed by atoms with Crippen molar-refractivity contribution in [3.63, 3.8) is 0 Å². The number of nitrogens with zero attached hydrogens (tertiary/aromatic N) is 1. The van der Waals surface area contributed by atoms with Gasteiger partial charge in [-0.2, -0.15) is 0 Å². The van der Waals surface area contributed by atoms with E-state index in [4.69, 9.17) is 9.47 Å². The number of ether oxygens (including phenoxy) is 2. The summed E-state index contributed by atoms with van der Waals surface area (Å²) in [6.45, 7) is 4.85. The Labute approximate surface area is 130 Å². The van der Waals surface area contributed by atoms with Crippen LogP contribution in [0.3, 0.4) is 0 Å². The smallest absolute Gasteiger partial charge is 0.280 e. The van der Waals surface area contributed by atoms with Crippen LogP contribution in [0.2, 0.25) is 0 Å². The first-order valence-electron chi connectivity index (χ1n) is 7.41. The van der Waals surface area contributed by atoms with Crippen LogP contribution in [-0.2, 0) is 14.3 Å². The zero-order valence-electron chi connectivity index (χ0n) is 13.2. The van der Waals surface area contributed by atoms with Crippen molar-refractivity contribution in [2.24, 2.45) is 0 Å². The summed E-state index contributed by atoms with van der Waals surface area (Å²) in [4.78, 5) is 26.7. The van der Waals surface area contributed by atoms with Crippen molar-refractivity contribution in [1.29, 1.82) is 0 Å². The quantitative estimate of drug-likeness (QED) is 0.636. The molecule has 6 nitrogen and oxygen atoms in total. The number of amides is 2. The fraction of sp³-hybridized carbons (Fsp3) is 0.500. The molecule has 22 heavy (non-hydrogen) atoms. The van der Waals surface area contributed by atoms with Crippen LogP contribution in [0, 0.1) is 0 Å². The van der Waals surface area contributed by atoms with Gasteiger partial charge < -0.3 is 19.7 Å². The maximum absolute atomic E-state index is 12.7. The SMILES string of the molecule is CCN1C(=O)C(C)(C(=O)NCCCOC)Oc2ccccc21. The lowest BCUT2D eigenvalue weighted by atomic mass is 10.00. The van der Waals surface area contributed by atoms with E-state index in [9.17, 15) is 9.59 Å². The lowest BCUT2D eigenvalue weighted by Gasteiger charge is -2.39. The first-order chi connectivity index (χ1) is 10.5. The van der Waals surface area contributed by atoms with Gasteiger partial charge in [0.05, 0.1) is 5.69 Å². The second-order valence-corrected chi connectivity index (χ2v) is 5.25. The highest BCUT2D eigenvalue weighted by Gasteiger charge is 2.50. The third-order valence-electron chi connectivity index (χ3n) is 3.68. The van der Waals surface area contributed by atoms with Crippen molar-refractivity contribution >= 4 is 17.5 Å². The summed E-state index contributed by atoms with van der Waals surface area (Å²) in [6, 6.07) is 7.23. The molecule has 1 unspecified atom stereocenters. The van der Waals surface area contributed by atoms with Crippen LogP contribution >= 0.6 is 0 Å². The highest BCUT2D eigenvalue weighted by molar-refractivity contribution is 6.16. The van der Waals surface area contributed by atoms with Crippen molar-refractivity contribution < 1.29 is 19.1 Å². The van der Waals surface area contributed by atoms with Gasteiger partial charge in [-0.1, -0.05) is 12.1 Å². The highest BCUT2D eigenvalue weighted by Crippen LogP contribution is 2.37. The third kappa shape index (κ3) is 2.92. The topological polar surface area (TPSA) is 67.9 Å². The Morgan fingerprint density at radius 1 is 1.41 bits per heavy atom. The molecule has 1 aromatic rings. The van der Waals surface area contributed by atoms with Crippen LogP contribution in [0.4, 0.5) is 5.69 Å². The average Bonchev–Trinajstić information content (AvgIpc) is 2.52. The molecule has 1 aliphatic rings. The molecule has 0 saturated carbocycles. The monoisotopic (exact) mass is 306 g/mol. The van der Waals surface area contributed by atoms with Crippen molar-refractivity contribution in [2.45, 2.75) is 25.9 Å². The molecule has 0 fully saturated rings. The molecule has 2 rings (SSSR count). The molecule has 1 heterocycles. The average molecular weight is 306 g/mol. The Balaban J connectivity index is 2.20. The normalized spacial score (nSPS) is 20.3. The summed E-state index contributed by atoms with van der Waals surface area (Å²) in [7, 11) is 1.60. The van der Waals surface area contributed by atoms with Crippen LogP contribution in [0.5, 0.6) is 5.75 Å². The van der Waals surface area contributed by atoms with Crippen molar-refractivity contribution in [3.05, 3.63) is 24.3 Å². The molecule has 6 heteroatoms. The van der Waals surface area contributed by atoms with Crippen LogP contribution in [0.25, 0.3) is 0 Å². The summed E-state index contributed by atoms with van der Waals surface area (Å²) < 4.78 is 10.7. The number of carbonyl (C=O) groups excluding carboxylic acids is 2. The molecule has 1 N–H and O–H groups in total. The molecule has 0 spiro atoms. The van der Waals surface area contributed by atoms with Gasteiger partial charge in [-0.05, 0) is 32.4 Å². The third-order valence-corrected chi connectivity index (χ3v) is 3.68. The van der Waals surface area contributed by atoms with Crippen LogP contribution < -0.4 is 15.0 Å². The summed E-state index contributed by atoms with van der Waals surface area (Å²) in [5, 5.41) is 2.74. The number of methoxy groups -OCH3 is 1. The number of hydrogen-bond acceptors (Lipinski definition) is 4. The summed E-state index contributed by atoms with van der Waals surface area (Å²) in [5.41, 5.74) is -0.850. The van der Waals surface area contributed by atoms with Gasteiger partial charge >= 0.3 is 0 Å². The fourth-order valence-corrected chi connectivity index (χ4v) is 2.44. The predicted molar refractivity (Wildman–Crippen MR) is 83.0 cm³/mol. The molecule has 1 aromatic carbocycles.